The lowest BCUT2D eigenvalue weighted by atomic mass is 10.1. The number of amides is 1. The number of aromatic nitrogens is 1. The number of carbonyl (C=O) groups excluding carboxylic acids is 1. The number of ether oxygens (including phenoxy) is 1. The highest BCUT2D eigenvalue weighted by atomic mass is 35.5. The molecular weight excluding hydrogens is 386 g/mol. The molecule has 5 nitrogen and oxygen atoms in total. The summed E-state index contributed by atoms with van der Waals surface area (Å²) in [6, 6.07) is 15.9. The average molecular weight is 408 g/mol. The van der Waals surface area contributed by atoms with E-state index in [2.05, 4.69) is 17.0 Å². The number of fused-ring (bicyclic) bond motifs is 2. The van der Waals surface area contributed by atoms with Gasteiger partial charge in [-0.1, -0.05) is 41.9 Å². The number of para-hydroxylation sites is 1. The predicted octanol–water partition coefficient (Wildman–Crippen LogP) is 3.92. The maximum Gasteiger partial charge on any atom is 0.256 e. The Kier molecular flexibility index (Phi) is 4.86. The first kappa shape index (κ1) is 18.4. The minimum atomic E-state index is 0.106. The molecule has 2 aliphatic rings. The zero-order valence-corrected chi connectivity index (χ0v) is 16.9. The van der Waals surface area contributed by atoms with Crippen molar-refractivity contribution in [2.24, 2.45) is 0 Å². The smallest absolute Gasteiger partial charge is 0.256 e. The molecule has 3 heterocycles. The van der Waals surface area contributed by atoms with Crippen LogP contribution in [-0.4, -0.2) is 48.6 Å². The number of hydrogen-bond acceptors (Lipinski definition) is 4. The van der Waals surface area contributed by atoms with E-state index in [0.29, 0.717) is 37.7 Å². The van der Waals surface area contributed by atoms with Gasteiger partial charge in [0, 0.05) is 43.7 Å². The van der Waals surface area contributed by atoms with Crippen molar-refractivity contribution in [3.05, 3.63) is 70.4 Å². The van der Waals surface area contributed by atoms with Gasteiger partial charge >= 0.3 is 0 Å². The number of pyridine rings is 1. The lowest BCUT2D eigenvalue weighted by Gasteiger charge is -2.30. The van der Waals surface area contributed by atoms with Crippen LogP contribution in [-0.2, 0) is 17.7 Å². The molecule has 1 fully saturated rings. The summed E-state index contributed by atoms with van der Waals surface area (Å²) in [7, 11) is 0. The highest BCUT2D eigenvalue weighted by Crippen LogP contribution is 2.32. The topological polar surface area (TPSA) is 45.7 Å². The van der Waals surface area contributed by atoms with Crippen LogP contribution in [0, 0.1) is 0 Å². The molecule has 1 saturated heterocycles. The first-order valence-electron chi connectivity index (χ1n) is 9.99. The molecule has 2 aromatic carbocycles. The first-order valence-corrected chi connectivity index (χ1v) is 10.4. The van der Waals surface area contributed by atoms with Gasteiger partial charge in [-0.05, 0) is 23.8 Å². The van der Waals surface area contributed by atoms with Crippen molar-refractivity contribution in [3.63, 3.8) is 0 Å². The Balaban J connectivity index is 1.35. The van der Waals surface area contributed by atoms with E-state index in [1.165, 1.54) is 0 Å². The van der Waals surface area contributed by atoms with Crippen LogP contribution >= 0.6 is 11.6 Å². The second kappa shape index (κ2) is 7.65. The summed E-state index contributed by atoms with van der Waals surface area (Å²) in [4.78, 5) is 22.1. The fourth-order valence-corrected chi connectivity index (χ4v) is 4.50. The van der Waals surface area contributed by atoms with Crippen molar-refractivity contribution in [2.45, 2.75) is 13.0 Å². The third kappa shape index (κ3) is 3.45. The minimum absolute atomic E-state index is 0.106. The van der Waals surface area contributed by atoms with Crippen molar-refractivity contribution < 1.29 is 9.53 Å². The molecule has 5 rings (SSSR count). The van der Waals surface area contributed by atoms with Gasteiger partial charge in [-0.3, -0.25) is 9.78 Å². The van der Waals surface area contributed by atoms with E-state index in [1.54, 1.807) is 0 Å². The van der Waals surface area contributed by atoms with Gasteiger partial charge in [0.2, 0.25) is 0 Å². The highest BCUT2D eigenvalue weighted by molar-refractivity contribution is 6.35. The maximum atomic E-state index is 13.2. The molecule has 0 unspecified atom stereocenters. The summed E-state index contributed by atoms with van der Waals surface area (Å²) in [5.41, 5.74) is 4.78. The molecule has 0 saturated carbocycles. The molecule has 0 radical (unpaired) electrons. The standard InChI is InChI=1S/C23H22ClN3O2/c24-19-14-17(25-20-6-2-1-5-18(19)20)8-9-27-15-16-4-3-7-21(22(16)23(27)28)26-10-12-29-13-11-26/h1-7,14H,8-13,15H2. The molecule has 3 aromatic rings. The van der Waals surface area contributed by atoms with E-state index in [4.69, 9.17) is 21.3 Å². The Morgan fingerprint density at radius 3 is 2.76 bits per heavy atom. The Morgan fingerprint density at radius 2 is 1.90 bits per heavy atom. The van der Waals surface area contributed by atoms with Crippen LogP contribution in [0.1, 0.15) is 21.6 Å². The van der Waals surface area contributed by atoms with E-state index >= 15 is 0 Å². The number of carbonyl (C=O) groups is 1. The number of halogens is 1. The Hall–Kier alpha value is -2.63. The van der Waals surface area contributed by atoms with Gasteiger partial charge in [-0.15, -0.1) is 0 Å². The predicted molar refractivity (Wildman–Crippen MR) is 115 cm³/mol. The van der Waals surface area contributed by atoms with Crippen LogP contribution in [0.4, 0.5) is 5.69 Å². The molecule has 148 valence electrons. The number of rotatable bonds is 4. The van der Waals surface area contributed by atoms with Gasteiger partial charge in [0.1, 0.15) is 0 Å². The minimum Gasteiger partial charge on any atom is -0.378 e. The zero-order valence-electron chi connectivity index (χ0n) is 16.1. The molecular formula is C23H22ClN3O2. The summed E-state index contributed by atoms with van der Waals surface area (Å²) in [5.74, 6) is 0.106. The number of morpholine rings is 1. The van der Waals surface area contributed by atoms with Gasteiger partial charge in [0.15, 0.2) is 0 Å². The quantitative estimate of drug-likeness (QED) is 0.657. The molecule has 29 heavy (non-hydrogen) atoms. The van der Waals surface area contributed by atoms with Crippen LogP contribution in [0.3, 0.4) is 0 Å². The zero-order chi connectivity index (χ0) is 19.8. The first-order chi connectivity index (χ1) is 14.2. The third-order valence-electron chi connectivity index (χ3n) is 5.70. The van der Waals surface area contributed by atoms with E-state index in [-0.39, 0.29) is 5.91 Å². The molecule has 2 aliphatic heterocycles. The van der Waals surface area contributed by atoms with Crippen molar-refractivity contribution in [1.82, 2.24) is 9.88 Å². The van der Waals surface area contributed by atoms with Gasteiger partial charge in [0.25, 0.3) is 5.91 Å². The SMILES string of the molecule is O=C1c2c(cccc2N2CCOCC2)CN1CCc1cc(Cl)c2ccccc2n1. The molecule has 0 spiro atoms. The highest BCUT2D eigenvalue weighted by Gasteiger charge is 2.31. The average Bonchev–Trinajstić information content (AvgIpc) is 3.09. The summed E-state index contributed by atoms with van der Waals surface area (Å²) in [6.07, 6.45) is 0.678. The lowest BCUT2D eigenvalue weighted by molar-refractivity contribution is 0.0779. The van der Waals surface area contributed by atoms with Crippen LogP contribution in [0.5, 0.6) is 0 Å². The van der Waals surface area contributed by atoms with E-state index in [0.717, 1.165) is 46.5 Å². The monoisotopic (exact) mass is 407 g/mol. The van der Waals surface area contributed by atoms with Crippen LogP contribution in [0.15, 0.2) is 48.5 Å². The summed E-state index contributed by atoms with van der Waals surface area (Å²) in [6.45, 7) is 4.32. The van der Waals surface area contributed by atoms with Gasteiger partial charge < -0.3 is 14.5 Å². The van der Waals surface area contributed by atoms with Gasteiger partial charge in [-0.25, -0.2) is 0 Å². The Bertz CT molecular complexity index is 1080. The number of benzene rings is 2. The Labute approximate surface area is 174 Å². The van der Waals surface area contributed by atoms with Crippen LogP contribution < -0.4 is 4.90 Å². The largest absolute Gasteiger partial charge is 0.378 e. The fraction of sp³-hybridized carbons (Fsp3) is 0.304. The Morgan fingerprint density at radius 1 is 1.07 bits per heavy atom. The van der Waals surface area contributed by atoms with E-state index in [1.807, 2.05) is 41.3 Å². The van der Waals surface area contributed by atoms with Gasteiger partial charge in [0.05, 0.1) is 35.0 Å². The molecule has 1 aromatic heterocycles. The van der Waals surface area contributed by atoms with Crippen molar-refractivity contribution in [2.75, 3.05) is 37.7 Å². The number of nitrogens with zero attached hydrogens (tertiary/aromatic N) is 3. The molecule has 1 amide bonds. The van der Waals surface area contributed by atoms with Crippen molar-refractivity contribution >= 4 is 34.1 Å². The van der Waals surface area contributed by atoms with E-state index in [9.17, 15) is 4.79 Å². The summed E-state index contributed by atoms with van der Waals surface area (Å²) >= 11 is 6.43. The summed E-state index contributed by atoms with van der Waals surface area (Å²) in [5, 5.41) is 1.66. The molecule has 0 N–H and O–H groups in total. The van der Waals surface area contributed by atoms with Crippen molar-refractivity contribution in [3.8, 4) is 0 Å². The lowest BCUT2D eigenvalue weighted by Crippen LogP contribution is -2.37. The van der Waals surface area contributed by atoms with E-state index < -0.39 is 0 Å². The van der Waals surface area contributed by atoms with Crippen LogP contribution in [0.25, 0.3) is 10.9 Å². The molecule has 0 atom stereocenters. The second-order valence-corrected chi connectivity index (χ2v) is 7.91. The molecule has 0 aliphatic carbocycles. The number of hydrogen-bond donors (Lipinski definition) is 0. The molecule has 0 bridgehead atoms. The fourth-order valence-electron chi connectivity index (χ4n) is 4.21. The molecule has 6 heteroatoms. The maximum absolute atomic E-state index is 13.2. The van der Waals surface area contributed by atoms with Gasteiger partial charge in [-0.2, -0.15) is 0 Å². The normalized spacial score (nSPS) is 16.5. The number of anilines is 1. The summed E-state index contributed by atoms with van der Waals surface area (Å²) < 4.78 is 5.46. The van der Waals surface area contributed by atoms with Crippen molar-refractivity contribution in [1.29, 1.82) is 0 Å². The third-order valence-corrected chi connectivity index (χ3v) is 6.01. The second-order valence-electron chi connectivity index (χ2n) is 7.50. The van der Waals surface area contributed by atoms with Crippen LogP contribution in [0.2, 0.25) is 5.02 Å².